The Kier molecular flexibility index (Phi) is 5.44. The lowest BCUT2D eigenvalue weighted by Gasteiger charge is -2.09. The van der Waals surface area contributed by atoms with Gasteiger partial charge in [-0.15, -0.1) is 0 Å². The first-order valence-corrected chi connectivity index (χ1v) is 8.56. The van der Waals surface area contributed by atoms with Gasteiger partial charge in [-0.3, -0.25) is 4.79 Å². The standard InChI is InChI=1S/C17H14F3NO3S/c1-21-25(23,24)14-9-6-13(7-10-14)16(22)11-8-12-4-2-3-5-15(12)17(18,19)20/h2-11,21H,1H3. The zero-order valence-corrected chi connectivity index (χ0v) is 13.9. The first-order valence-electron chi connectivity index (χ1n) is 7.07. The maximum absolute atomic E-state index is 12.9. The fourth-order valence-corrected chi connectivity index (χ4v) is 2.81. The van der Waals surface area contributed by atoms with Crippen LogP contribution in [0.4, 0.5) is 13.2 Å². The second kappa shape index (κ2) is 7.20. The molecule has 0 radical (unpaired) electrons. The molecule has 0 unspecified atom stereocenters. The lowest BCUT2D eigenvalue weighted by atomic mass is 10.0. The summed E-state index contributed by atoms with van der Waals surface area (Å²) in [6.07, 6.45) is -2.41. The van der Waals surface area contributed by atoms with Crippen molar-refractivity contribution in [1.29, 1.82) is 0 Å². The van der Waals surface area contributed by atoms with E-state index in [9.17, 15) is 26.4 Å². The van der Waals surface area contributed by atoms with Crippen molar-refractivity contribution in [2.24, 2.45) is 0 Å². The topological polar surface area (TPSA) is 63.2 Å². The molecular weight excluding hydrogens is 355 g/mol. The number of nitrogens with one attached hydrogen (secondary N) is 1. The fraction of sp³-hybridized carbons (Fsp3) is 0.118. The van der Waals surface area contributed by atoms with Gasteiger partial charge in [0.2, 0.25) is 10.0 Å². The summed E-state index contributed by atoms with van der Waals surface area (Å²) in [5, 5.41) is 0. The highest BCUT2D eigenvalue weighted by atomic mass is 32.2. The highest BCUT2D eigenvalue weighted by molar-refractivity contribution is 7.89. The van der Waals surface area contributed by atoms with Crippen LogP contribution < -0.4 is 4.72 Å². The molecule has 0 saturated heterocycles. The summed E-state index contributed by atoms with van der Waals surface area (Å²) in [5.41, 5.74) is -0.803. The van der Waals surface area contributed by atoms with Crippen molar-refractivity contribution in [2.75, 3.05) is 7.05 Å². The quantitative estimate of drug-likeness (QED) is 0.648. The molecule has 2 rings (SSSR count). The van der Waals surface area contributed by atoms with Crippen molar-refractivity contribution in [3.05, 3.63) is 71.3 Å². The molecule has 2 aromatic carbocycles. The molecule has 0 aromatic heterocycles. The maximum Gasteiger partial charge on any atom is 0.416 e. The van der Waals surface area contributed by atoms with Gasteiger partial charge in [-0.1, -0.05) is 24.3 Å². The molecule has 0 aliphatic heterocycles. The van der Waals surface area contributed by atoms with Gasteiger partial charge in [-0.25, -0.2) is 13.1 Å². The fourth-order valence-electron chi connectivity index (χ4n) is 2.08. The number of alkyl halides is 3. The highest BCUT2D eigenvalue weighted by Crippen LogP contribution is 2.32. The first kappa shape index (κ1) is 18.9. The molecule has 25 heavy (non-hydrogen) atoms. The molecule has 1 N–H and O–H groups in total. The van der Waals surface area contributed by atoms with Gasteiger partial charge in [0.1, 0.15) is 0 Å². The van der Waals surface area contributed by atoms with E-state index < -0.39 is 27.5 Å². The van der Waals surface area contributed by atoms with Crippen molar-refractivity contribution >= 4 is 21.9 Å². The van der Waals surface area contributed by atoms with Crippen LogP contribution in [0.25, 0.3) is 6.08 Å². The molecule has 0 atom stereocenters. The number of carbonyl (C=O) groups excluding carboxylic acids is 1. The Morgan fingerprint density at radius 2 is 1.64 bits per heavy atom. The SMILES string of the molecule is CNS(=O)(=O)c1ccc(C(=O)C=Cc2ccccc2C(F)(F)F)cc1. The van der Waals surface area contributed by atoms with Crippen molar-refractivity contribution in [3.63, 3.8) is 0 Å². The average Bonchev–Trinajstić information content (AvgIpc) is 2.59. The first-order chi connectivity index (χ1) is 11.6. The van der Waals surface area contributed by atoms with E-state index in [1.807, 2.05) is 0 Å². The number of allylic oxidation sites excluding steroid dienone is 1. The van der Waals surface area contributed by atoms with Gasteiger partial charge >= 0.3 is 6.18 Å². The van der Waals surface area contributed by atoms with Gasteiger partial charge in [-0.05, 0) is 49.0 Å². The van der Waals surface area contributed by atoms with E-state index in [1.165, 1.54) is 49.5 Å². The molecule has 4 nitrogen and oxygen atoms in total. The van der Waals surface area contributed by atoms with Crippen molar-refractivity contribution in [3.8, 4) is 0 Å². The van der Waals surface area contributed by atoms with E-state index in [2.05, 4.69) is 4.72 Å². The molecule has 0 spiro atoms. The van der Waals surface area contributed by atoms with Gasteiger partial charge in [0.05, 0.1) is 10.5 Å². The molecule has 0 saturated carbocycles. The number of benzene rings is 2. The summed E-state index contributed by atoms with van der Waals surface area (Å²) in [6.45, 7) is 0. The molecule has 0 bridgehead atoms. The zero-order valence-electron chi connectivity index (χ0n) is 13.0. The molecule has 2 aromatic rings. The third kappa shape index (κ3) is 4.55. The summed E-state index contributed by atoms with van der Waals surface area (Å²) in [4.78, 5) is 12.1. The number of ketones is 1. The Labute approximate surface area is 143 Å². The Balaban J connectivity index is 2.25. The van der Waals surface area contributed by atoms with Crippen LogP contribution in [0.2, 0.25) is 0 Å². The summed E-state index contributed by atoms with van der Waals surface area (Å²) >= 11 is 0. The minimum Gasteiger partial charge on any atom is -0.289 e. The van der Waals surface area contributed by atoms with Crippen LogP contribution in [0, 0.1) is 0 Å². The second-order valence-electron chi connectivity index (χ2n) is 5.01. The number of hydrogen-bond acceptors (Lipinski definition) is 3. The van der Waals surface area contributed by atoms with Crippen LogP contribution in [0.3, 0.4) is 0 Å². The zero-order chi connectivity index (χ0) is 18.7. The van der Waals surface area contributed by atoms with Crippen LogP contribution in [0.5, 0.6) is 0 Å². The number of halogens is 3. The predicted molar refractivity (Wildman–Crippen MR) is 87.5 cm³/mol. The number of hydrogen-bond donors (Lipinski definition) is 1. The highest BCUT2D eigenvalue weighted by Gasteiger charge is 2.32. The lowest BCUT2D eigenvalue weighted by Crippen LogP contribution is -2.18. The summed E-state index contributed by atoms with van der Waals surface area (Å²) < 4.78 is 64.1. The second-order valence-corrected chi connectivity index (χ2v) is 6.90. The monoisotopic (exact) mass is 369 g/mol. The minimum atomic E-state index is -4.52. The Morgan fingerprint density at radius 1 is 1.04 bits per heavy atom. The number of carbonyl (C=O) groups is 1. The van der Waals surface area contributed by atoms with Gasteiger partial charge < -0.3 is 0 Å². The van der Waals surface area contributed by atoms with Gasteiger partial charge in [0.25, 0.3) is 0 Å². The van der Waals surface area contributed by atoms with E-state index >= 15 is 0 Å². The van der Waals surface area contributed by atoms with Crippen molar-refractivity contribution in [2.45, 2.75) is 11.1 Å². The normalized spacial score (nSPS) is 12.5. The van der Waals surface area contributed by atoms with Crippen LogP contribution in [-0.2, 0) is 16.2 Å². The summed E-state index contributed by atoms with van der Waals surface area (Å²) in [6, 6.07) is 9.99. The number of sulfonamides is 1. The van der Waals surface area contributed by atoms with E-state index in [0.29, 0.717) is 0 Å². The Morgan fingerprint density at radius 3 is 2.20 bits per heavy atom. The third-order valence-corrected chi connectivity index (χ3v) is 4.83. The average molecular weight is 369 g/mol. The van der Waals surface area contributed by atoms with Crippen molar-refractivity contribution < 1.29 is 26.4 Å². The van der Waals surface area contributed by atoms with Gasteiger partial charge in [0.15, 0.2) is 5.78 Å². The maximum atomic E-state index is 12.9. The third-order valence-electron chi connectivity index (χ3n) is 3.40. The van der Waals surface area contributed by atoms with Crippen molar-refractivity contribution in [1.82, 2.24) is 4.72 Å². The molecule has 0 aliphatic carbocycles. The molecule has 132 valence electrons. The Hall–Kier alpha value is -2.45. The van der Waals surface area contributed by atoms with Crippen LogP contribution >= 0.6 is 0 Å². The number of rotatable bonds is 5. The van der Waals surface area contributed by atoms with E-state index in [0.717, 1.165) is 18.2 Å². The largest absolute Gasteiger partial charge is 0.416 e. The molecule has 0 heterocycles. The molecule has 0 fully saturated rings. The van der Waals surface area contributed by atoms with Crippen LogP contribution in [0.1, 0.15) is 21.5 Å². The molecule has 8 heteroatoms. The Bertz CT molecular complexity index is 901. The van der Waals surface area contributed by atoms with Gasteiger partial charge in [-0.2, -0.15) is 13.2 Å². The summed E-state index contributed by atoms with van der Waals surface area (Å²) in [7, 11) is -2.36. The lowest BCUT2D eigenvalue weighted by molar-refractivity contribution is -0.137. The van der Waals surface area contributed by atoms with E-state index in [4.69, 9.17) is 0 Å². The van der Waals surface area contributed by atoms with E-state index in [1.54, 1.807) is 0 Å². The minimum absolute atomic E-state index is 0.0158. The van der Waals surface area contributed by atoms with Crippen LogP contribution in [-0.4, -0.2) is 21.2 Å². The predicted octanol–water partition coefficient (Wildman–Crippen LogP) is 3.51. The van der Waals surface area contributed by atoms with Gasteiger partial charge in [0, 0.05) is 5.56 Å². The van der Waals surface area contributed by atoms with E-state index in [-0.39, 0.29) is 16.0 Å². The van der Waals surface area contributed by atoms with Crippen LogP contribution in [0.15, 0.2) is 59.5 Å². The molecule has 0 aliphatic rings. The molecule has 0 amide bonds. The smallest absolute Gasteiger partial charge is 0.289 e. The molecular formula is C17H14F3NO3S. The summed E-state index contributed by atoms with van der Waals surface area (Å²) in [5.74, 6) is -0.537.